The molecule has 0 saturated carbocycles. The lowest BCUT2D eigenvalue weighted by molar-refractivity contribution is 0.101. The molecule has 0 spiro atoms. The molecule has 2 aromatic rings. The molecule has 18 heavy (non-hydrogen) atoms. The molecule has 0 atom stereocenters. The number of carbonyl (C=O) groups is 1. The third-order valence-corrected chi connectivity index (χ3v) is 2.57. The topological polar surface area (TPSA) is 60.0 Å². The van der Waals surface area contributed by atoms with Crippen LogP contribution in [-0.2, 0) is 6.54 Å². The Labute approximate surface area is 104 Å². The van der Waals surface area contributed by atoms with Crippen molar-refractivity contribution in [2.75, 3.05) is 11.1 Å². The van der Waals surface area contributed by atoms with E-state index in [1.807, 2.05) is 6.92 Å². The minimum Gasteiger partial charge on any atom is -0.397 e. The molecule has 0 aliphatic carbocycles. The molecule has 2 rings (SSSR count). The van der Waals surface area contributed by atoms with Crippen LogP contribution in [0, 0.1) is 5.82 Å². The number of hydrogen-bond donors (Lipinski definition) is 2. The van der Waals surface area contributed by atoms with Crippen molar-refractivity contribution in [3.63, 3.8) is 0 Å². The highest BCUT2D eigenvalue weighted by molar-refractivity contribution is 6.03. The number of amides is 1. The second-order valence-corrected chi connectivity index (χ2v) is 3.91. The second kappa shape index (κ2) is 4.91. The van der Waals surface area contributed by atoms with Crippen LogP contribution in [0.15, 0.2) is 36.5 Å². The summed E-state index contributed by atoms with van der Waals surface area (Å²) in [6.07, 6.45) is 1.69. The Morgan fingerprint density at radius 1 is 1.44 bits per heavy atom. The fraction of sp³-hybridized carbons (Fsp3) is 0.154. The van der Waals surface area contributed by atoms with Gasteiger partial charge in [-0.2, -0.15) is 0 Å². The van der Waals surface area contributed by atoms with E-state index in [4.69, 9.17) is 5.73 Å². The van der Waals surface area contributed by atoms with Crippen molar-refractivity contribution >= 4 is 17.3 Å². The van der Waals surface area contributed by atoms with Gasteiger partial charge in [-0.05, 0) is 31.2 Å². The van der Waals surface area contributed by atoms with Crippen molar-refractivity contribution in [3.8, 4) is 0 Å². The number of nitrogens with one attached hydrogen (secondary N) is 1. The second-order valence-electron chi connectivity index (χ2n) is 3.91. The van der Waals surface area contributed by atoms with E-state index in [1.54, 1.807) is 22.9 Å². The summed E-state index contributed by atoms with van der Waals surface area (Å²) in [6, 6.07) is 7.35. The largest absolute Gasteiger partial charge is 0.397 e. The standard InChI is InChI=1S/C13H14FN3O/c1-2-17-8-10(15)7-12(17)13(18)16-11-5-3-4-9(14)6-11/h3-8H,2,15H2,1H3,(H,16,18). The number of halogens is 1. The zero-order chi connectivity index (χ0) is 13.1. The SMILES string of the molecule is CCn1cc(N)cc1C(=O)Nc1cccc(F)c1. The van der Waals surface area contributed by atoms with Gasteiger partial charge < -0.3 is 15.6 Å². The highest BCUT2D eigenvalue weighted by Gasteiger charge is 2.12. The Kier molecular flexibility index (Phi) is 3.32. The van der Waals surface area contributed by atoms with Crippen molar-refractivity contribution in [1.82, 2.24) is 4.57 Å². The van der Waals surface area contributed by atoms with Gasteiger partial charge in [-0.1, -0.05) is 6.07 Å². The van der Waals surface area contributed by atoms with Gasteiger partial charge in [0.15, 0.2) is 0 Å². The molecule has 1 heterocycles. The maximum atomic E-state index is 13.0. The molecule has 3 N–H and O–H groups in total. The quantitative estimate of drug-likeness (QED) is 0.875. The summed E-state index contributed by atoms with van der Waals surface area (Å²) < 4.78 is 14.7. The van der Waals surface area contributed by atoms with Crippen LogP contribution in [0.5, 0.6) is 0 Å². The fourth-order valence-corrected chi connectivity index (χ4v) is 1.75. The van der Waals surface area contributed by atoms with Crippen LogP contribution in [-0.4, -0.2) is 10.5 Å². The Morgan fingerprint density at radius 2 is 2.22 bits per heavy atom. The molecule has 1 aromatic heterocycles. The Morgan fingerprint density at radius 3 is 2.89 bits per heavy atom. The van der Waals surface area contributed by atoms with E-state index in [9.17, 15) is 9.18 Å². The van der Waals surface area contributed by atoms with Crippen LogP contribution in [0.25, 0.3) is 0 Å². The van der Waals surface area contributed by atoms with Crippen LogP contribution < -0.4 is 11.1 Å². The summed E-state index contributed by atoms with van der Waals surface area (Å²) in [5.41, 5.74) is 7.05. The molecule has 0 aliphatic heterocycles. The third-order valence-electron chi connectivity index (χ3n) is 2.57. The van der Waals surface area contributed by atoms with Gasteiger partial charge in [-0.25, -0.2) is 4.39 Å². The Bertz CT molecular complexity index is 577. The number of nitrogen functional groups attached to an aromatic ring is 1. The van der Waals surface area contributed by atoms with Gasteiger partial charge in [0.05, 0.1) is 5.69 Å². The summed E-state index contributed by atoms with van der Waals surface area (Å²) in [5.74, 6) is -0.697. The van der Waals surface area contributed by atoms with Crippen molar-refractivity contribution in [3.05, 3.63) is 48.0 Å². The number of aryl methyl sites for hydroxylation is 1. The van der Waals surface area contributed by atoms with Gasteiger partial charge in [0, 0.05) is 18.4 Å². The van der Waals surface area contributed by atoms with Crippen LogP contribution in [0.1, 0.15) is 17.4 Å². The molecular formula is C13H14FN3O. The van der Waals surface area contributed by atoms with Crippen molar-refractivity contribution in [2.45, 2.75) is 13.5 Å². The average molecular weight is 247 g/mol. The molecule has 0 saturated heterocycles. The van der Waals surface area contributed by atoms with Crippen LogP contribution >= 0.6 is 0 Å². The van der Waals surface area contributed by atoms with Gasteiger partial charge in [0.1, 0.15) is 11.5 Å². The maximum absolute atomic E-state index is 13.0. The minimum absolute atomic E-state index is 0.306. The highest BCUT2D eigenvalue weighted by Crippen LogP contribution is 2.14. The summed E-state index contributed by atoms with van der Waals surface area (Å²) >= 11 is 0. The molecule has 0 fully saturated rings. The van der Waals surface area contributed by atoms with E-state index in [1.165, 1.54) is 18.2 Å². The van der Waals surface area contributed by atoms with E-state index in [0.29, 0.717) is 23.6 Å². The first-order chi connectivity index (χ1) is 8.60. The smallest absolute Gasteiger partial charge is 0.272 e. The summed E-state index contributed by atoms with van der Waals surface area (Å²) in [7, 11) is 0. The first-order valence-electron chi connectivity index (χ1n) is 5.62. The Balaban J connectivity index is 2.21. The number of benzene rings is 1. The number of anilines is 2. The van der Waals surface area contributed by atoms with Crippen molar-refractivity contribution < 1.29 is 9.18 Å². The number of nitrogens with zero attached hydrogens (tertiary/aromatic N) is 1. The molecule has 0 bridgehead atoms. The van der Waals surface area contributed by atoms with Gasteiger partial charge >= 0.3 is 0 Å². The van der Waals surface area contributed by atoms with Gasteiger partial charge in [-0.15, -0.1) is 0 Å². The number of hydrogen-bond acceptors (Lipinski definition) is 2. The molecule has 94 valence electrons. The van der Waals surface area contributed by atoms with Crippen LogP contribution in [0.3, 0.4) is 0 Å². The van der Waals surface area contributed by atoms with E-state index in [-0.39, 0.29) is 5.91 Å². The number of aromatic nitrogens is 1. The third kappa shape index (κ3) is 2.51. The van der Waals surface area contributed by atoms with E-state index < -0.39 is 5.82 Å². The lowest BCUT2D eigenvalue weighted by Gasteiger charge is -2.07. The average Bonchev–Trinajstić information content (AvgIpc) is 2.70. The summed E-state index contributed by atoms with van der Waals surface area (Å²) in [6.45, 7) is 2.56. The molecule has 1 aromatic carbocycles. The van der Waals surface area contributed by atoms with Crippen LogP contribution in [0.2, 0.25) is 0 Å². The lowest BCUT2D eigenvalue weighted by atomic mass is 10.3. The monoisotopic (exact) mass is 247 g/mol. The van der Waals surface area contributed by atoms with E-state index in [0.717, 1.165) is 0 Å². The Hall–Kier alpha value is -2.30. The number of carbonyl (C=O) groups excluding carboxylic acids is 1. The molecule has 0 radical (unpaired) electrons. The predicted octanol–water partition coefficient (Wildman–Crippen LogP) is 2.48. The van der Waals surface area contributed by atoms with E-state index >= 15 is 0 Å². The minimum atomic E-state index is -0.391. The maximum Gasteiger partial charge on any atom is 0.272 e. The molecule has 0 aliphatic rings. The van der Waals surface area contributed by atoms with Crippen LogP contribution in [0.4, 0.5) is 15.8 Å². The zero-order valence-electron chi connectivity index (χ0n) is 9.98. The summed E-state index contributed by atoms with van der Waals surface area (Å²) in [4.78, 5) is 12.0. The molecule has 1 amide bonds. The van der Waals surface area contributed by atoms with Gasteiger partial charge in [0.2, 0.25) is 0 Å². The highest BCUT2D eigenvalue weighted by atomic mass is 19.1. The fourth-order valence-electron chi connectivity index (χ4n) is 1.75. The summed E-state index contributed by atoms with van der Waals surface area (Å²) in [5, 5.41) is 2.63. The normalized spacial score (nSPS) is 10.3. The number of rotatable bonds is 3. The lowest BCUT2D eigenvalue weighted by Crippen LogP contribution is -2.16. The first kappa shape index (κ1) is 12.2. The molecule has 0 unspecified atom stereocenters. The zero-order valence-corrected chi connectivity index (χ0v) is 9.98. The predicted molar refractivity (Wildman–Crippen MR) is 68.9 cm³/mol. The first-order valence-corrected chi connectivity index (χ1v) is 5.62. The van der Waals surface area contributed by atoms with Gasteiger partial charge in [0.25, 0.3) is 5.91 Å². The molecular weight excluding hydrogens is 233 g/mol. The van der Waals surface area contributed by atoms with E-state index in [2.05, 4.69) is 5.32 Å². The van der Waals surface area contributed by atoms with Crippen molar-refractivity contribution in [1.29, 1.82) is 0 Å². The van der Waals surface area contributed by atoms with Crippen molar-refractivity contribution in [2.24, 2.45) is 0 Å². The molecule has 4 nitrogen and oxygen atoms in total. The number of nitrogens with two attached hydrogens (primary N) is 1. The van der Waals surface area contributed by atoms with Gasteiger partial charge in [-0.3, -0.25) is 4.79 Å². The molecule has 5 heteroatoms.